The monoisotopic (exact) mass is 240 g/mol. The number of phenolic OH excluding ortho intramolecular Hbond substituents is 2. The van der Waals surface area contributed by atoms with Crippen LogP contribution in [-0.2, 0) is 0 Å². The molecule has 0 aliphatic carbocycles. The Morgan fingerprint density at radius 2 is 2.18 bits per heavy atom. The summed E-state index contributed by atoms with van der Waals surface area (Å²) in [5.74, 6) is -0.841. The van der Waals surface area contributed by atoms with Gasteiger partial charge < -0.3 is 15.9 Å². The number of halogens is 1. The van der Waals surface area contributed by atoms with Crippen molar-refractivity contribution in [2.45, 2.75) is 12.5 Å². The summed E-state index contributed by atoms with van der Waals surface area (Å²) in [6.07, 6.45) is 0.695. The van der Waals surface area contributed by atoms with E-state index in [1.54, 1.807) is 0 Å². The Bertz CT molecular complexity index is 425. The molecule has 0 spiro atoms. The second-order valence-corrected chi connectivity index (χ2v) is 4.62. The molecule has 17 heavy (non-hydrogen) atoms. The molecule has 1 fully saturated rings. The highest BCUT2D eigenvalue weighted by Gasteiger charge is 2.33. The first-order valence-electron chi connectivity index (χ1n) is 5.65. The van der Waals surface area contributed by atoms with Crippen LogP contribution in [0.2, 0.25) is 0 Å². The van der Waals surface area contributed by atoms with Gasteiger partial charge in [-0.05, 0) is 38.1 Å². The molecule has 1 heterocycles. The lowest BCUT2D eigenvalue weighted by Gasteiger charge is -2.21. The maximum Gasteiger partial charge on any atom is 0.165 e. The van der Waals surface area contributed by atoms with Gasteiger partial charge in [0, 0.05) is 12.6 Å². The summed E-state index contributed by atoms with van der Waals surface area (Å²) in [6.45, 7) is 1.32. The van der Waals surface area contributed by atoms with E-state index >= 15 is 0 Å². The summed E-state index contributed by atoms with van der Waals surface area (Å²) in [7, 11) is 1.86. The zero-order valence-electron chi connectivity index (χ0n) is 9.73. The molecule has 0 bridgehead atoms. The van der Waals surface area contributed by atoms with Crippen molar-refractivity contribution in [2.75, 3.05) is 20.1 Å². The van der Waals surface area contributed by atoms with E-state index in [4.69, 9.17) is 5.73 Å². The molecule has 2 unspecified atom stereocenters. The van der Waals surface area contributed by atoms with Crippen molar-refractivity contribution < 1.29 is 14.6 Å². The fourth-order valence-electron chi connectivity index (χ4n) is 2.50. The minimum absolute atomic E-state index is 0.170. The van der Waals surface area contributed by atoms with Crippen molar-refractivity contribution in [3.05, 3.63) is 23.5 Å². The van der Waals surface area contributed by atoms with Crippen LogP contribution in [0, 0.1) is 11.7 Å². The molecular weight excluding hydrogens is 223 g/mol. The highest BCUT2D eigenvalue weighted by molar-refractivity contribution is 5.47. The first-order valence-corrected chi connectivity index (χ1v) is 5.65. The van der Waals surface area contributed by atoms with Crippen LogP contribution in [0.4, 0.5) is 4.39 Å². The fourth-order valence-corrected chi connectivity index (χ4v) is 2.50. The van der Waals surface area contributed by atoms with Gasteiger partial charge in [-0.3, -0.25) is 4.90 Å². The van der Waals surface area contributed by atoms with Crippen LogP contribution < -0.4 is 5.73 Å². The SMILES string of the molecule is CN1CC(CN)CC1c1c(F)ccc(O)c1O. The molecular formula is C12H17FN2O2. The van der Waals surface area contributed by atoms with Crippen molar-refractivity contribution in [3.63, 3.8) is 0 Å². The molecule has 0 aromatic heterocycles. The van der Waals surface area contributed by atoms with Gasteiger partial charge in [0.15, 0.2) is 11.5 Å². The van der Waals surface area contributed by atoms with Gasteiger partial charge in [-0.1, -0.05) is 0 Å². The van der Waals surface area contributed by atoms with Gasteiger partial charge in [-0.25, -0.2) is 4.39 Å². The van der Waals surface area contributed by atoms with Gasteiger partial charge in [0.25, 0.3) is 0 Å². The number of phenols is 2. The van der Waals surface area contributed by atoms with Gasteiger partial charge in [-0.15, -0.1) is 0 Å². The third-order valence-corrected chi connectivity index (χ3v) is 3.44. The molecule has 0 saturated carbocycles. The van der Waals surface area contributed by atoms with E-state index in [1.165, 1.54) is 6.07 Å². The molecule has 1 aromatic rings. The van der Waals surface area contributed by atoms with E-state index in [-0.39, 0.29) is 23.1 Å². The Balaban J connectivity index is 2.37. The molecule has 2 atom stereocenters. The van der Waals surface area contributed by atoms with E-state index in [1.807, 2.05) is 11.9 Å². The first kappa shape index (κ1) is 12.1. The minimum Gasteiger partial charge on any atom is -0.504 e. The third kappa shape index (κ3) is 2.08. The molecule has 4 N–H and O–H groups in total. The summed E-state index contributed by atoms with van der Waals surface area (Å²) in [6, 6.07) is 2.10. The molecule has 1 aromatic carbocycles. The van der Waals surface area contributed by atoms with Crippen molar-refractivity contribution in [2.24, 2.45) is 11.7 Å². The number of hydrogen-bond acceptors (Lipinski definition) is 4. The lowest BCUT2D eigenvalue weighted by Crippen LogP contribution is -2.21. The number of nitrogens with zero attached hydrogens (tertiary/aromatic N) is 1. The van der Waals surface area contributed by atoms with E-state index in [0.29, 0.717) is 18.9 Å². The van der Waals surface area contributed by atoms with Crippen LogP contribution in [0.25, 0.3) is 0 Å². The van der Waals surface area contributed by atoms with Gasteiger partial charge in [0.1, 0.15) is 5.82 Å². The molecule has 1 aliphatic rings. The minimum atomic E-state index is -0.491. The molecule has 5 heteroatoms. The van der Waals surface area contributed by atoms with Crippen molar-refractivity contribution in [1.29, 1.82) is 0 Å². The van der Waals surface area contributed by atoms with E-state index in [0.717, 1.165) is 12.6 Å². The normalized spacial score (nSPS) is 25.4. The van der Waals surface area contributed by atoms with Crippen molar-refractivity contribution in [1.82, 2.24) is 4.90 Å². The van der Waals surface area contributed by atoms with Gasteiger partial charge in [-0.2, -0.15) is 0 Å². The molecule has 2 rings (SSSR count). The smallest absolute Gasteiger partial charge is 0.165 e. The Labute approximate surface area is 99.5 Å². The predicted octanol–water partition coefficient (Wildman–Crippen LogP) is 1.19. The van der Waals surface area contributed by atoms with Crippen LogP contribution in [0.5, 0.6) is 11.5 Å². The zero-order chi connectivity index (χ0) is 12.6. The van der Waals surface area contributed by atoms with Crippen molar-refractivity contribution >= 4 is 0 Å². The standard InChI is InChI=1S/C12H17FN2O2/c1-15-6-7(5-14)4-9(15)11-8(13)2-3-10(16)12(11)17/h2-3,7,9,16-17H,4-6,14H2,1H3. The van der Waals surface area contributed by atoms with E-state index in [9.17, 15) is 14.6 Å². The number of rotatable bonds is 2. The second-order valence-electron chi connectivity index (χ2n) is 4.62. The Kier molecular flexibility index (Phi) is 3.22. The molecule has 1 saturated heterocycles. The number of benzene rings is 1. The third-order valence-electron chi connectivity index (χ3n) is 3.44. The zero-order valence-corrected chi connectivity index (χ0v) is 9.73. The molecule has 1 aliphatic heterocycles. The Morgan fingerprint density at radius 1 is 1.47 bits per heavy atom. The Hall–Kier alpha value is -1.33. The number of likely N-dealkylation sites (tertiary alicyclic amines) is 1. The van der Waals surface area contributed by atoms with Crippen LogP contribution >= 0.6 is 0 Å². The maximum absolute atomic E-state index is 13.8. The summed E-state index contributed by atoms with van der Waals surface area (Å²) in [5.41, 5.74) is 5.78. The topological polar surface area (TPSA) is 69.7 Å². The lowest BCUT2D eigenvalue weighted by molar-refractivity contribution is 0.293. The van der Waals surface area contributed by atoms with E-state index < -0.39 is 5.82 Å². The maximum atomic E-state index is 13.8. The molecule has 0 amide bonds. The Morgan fingerprint density at radius 3 is 2.76 bits per heavy atom. The molecule has 94 valence electrons. The van der Waals surface area contributed by atoms with Gasteiger partial charge >= 0.3 is 0 Å². The number of hydrogen-bond donors (Lipinski definition) is 3. The highest BCUT2D eigenvalue weighted by atomic mass is 19.1. The number of aromatic hydroxyl groups is 2. The van der Waals surface area contributed by atoms with E-state index in [2.05, 4.69) is 0 Å². The average molecular weight is 240 g/mol. The largest absolute Gasteiger partial charge is 0.504 e. The fraction of sp³-hybridized carbons (Fsp3) is 0.500. The highest BCUT2D eigenvalue weighted by Crippen LogP contribution is 2.42. The van der Waals surface area contributed by atoms with Crippen molar-refractivity contribution in [3.8, 4) is 11.5 Å². The summed E-state index contributed by atoms with van der Waals surface area (Å²) >= 11 is 0. The molecule has 0 radical (unpaired) electrons. The second kappa shape index (κ2) is 4.50. The lowest BCUT2D eigenvalue weighted by atomic mass is 9.98. The summed E-state index contributed by atoms with van der Waals surface area (Å²) < 4.78 is 13.8. The van der Waals surface area contributed by atoms with Crippen LogP contribution in [0.1, 0.15) is 18.0 Å². The van der Waals surface area contributed by atoms with Crippen LogP contribution in [-0.4, -0.2) is 35.3 Å². The summed E-state index contributed by atoms with van der Waals surface area (Å²) in [5, 5.41) is 19.2. The van der Waals surface area contributed by atoms with Gasteiger partial charge in [0.05, 0.1) is 5.56 Å². The average Bonchev–Trinajstić information content (AvgIpc) is 2.66. The van der Waals surface area contributed by atoms with Gasteiger partial charge in [0.2, 0.25) is 0 Å². The summed E-state index contributed by atoms with van der Waals surface area (Å²) in [4.78, 5) is 1.95. The predicted molar refractivity (Wildman–Crippen MR) is 62.3 cm³/mol. The quantitative estimate of drug-likeness (QED) is 0.679. The van der Waals surface area contributed by atoms with Crippen LogP contribution in [0.15, 0.2) is 12.1 Å². The first-order chi connectivity index (χ1) is 8.04. The number of nitrogens with two attached hydrogens (primary N) is 1. The van der Waals surface area contributed by atoms with Crippen LogP contribution in [0.3, 0.4) is 0 Å². The molecule has 4 nitrogen and oxygen atoms in total.